The van der Waals surface area contributed by atoms with E-state index in [-0.39, 0.29) is 11.8 Å². The van der Waals surface area contributed by atoms with E-state index in [2.05, 4.69) is 26.6 Å². The summed E-state index contributed by atoms with van der Waals surface area (Å²) in [5.41, 5.74) is 0. The van der Waals surface area contributed by atoms with Gasteiger partial charge in [-0.25, -0.2) is 0 Å². The standard InChI is InChI=1S/C11H13BrN2O2S/c1-8(15)13-6-7-14-11(16)5-3-9-2-4-10(12)17-9/h2-5H,6-7H2,1H3,(H,13,15)(H,14,16)/b5-3+. The number of amides is 2. The normalized spacial score (nSPS) is 10.5. The van der Waals surface area contributed by atoms with E-state index in [0.29, 0.717) is 13.1 Å². The minimum absolute atomic E-state index is 0.0989. The Balaban J connectivity index is 2.25. The van der Waals surface area contributed by atoms with Crippen molar-refractivity contribution in [3.8, 4) is 0 Å². The van der Waals surface area contributed by atoms with E-state index >= 15 is 0 Å². The average molecular weight is 317 g/mol. The van der Waals surface area contributed by atoms with Crippen LogP contribution in [0.25, 0.3) is 6.08 Å². The Hall–Kier alpha value is -1.14. The van der Waals surface area contributed by atoms with Crippen LogP contribution in [0, 0.1) is 0 Å². The molecule has 0 atom stereocenters. The van der Waals surface area contributed by atoms with Gasteiger partial charge in [0.05, 0.1) is 3.79 Å². The van der Waals surface area contributed by atoms with E-state index in [0.717, 1.165) is 8.66 Å². The average Bonchev–Trinajstić information content (AvgIpc) is 2.67. The molecule has 2 N–H and O–H groups in total. The van der Waals surface area contributed by atoms with Crippen molar-refractivity contribution in [3.05, 3.63) is 26.9 Å². The van der Waals surface area contributed by atoms with Crippen LogP contribution in [0.15, 0.2) is 22.0 Å². The summed E-state index contributed by atoms with van der Waals surface area (Å²) >= 11 is 4.90. The Bertz CT molecular complexity index is 429. The number of hydrogen-bond acceptors (Lipinski definition) is 3. The molecule has 0 aliphatic rings. The molecule has 4 nitrogen and oxygen atoms in total. The number of thiophene rings is 1. The highest BCUT2D eigenvalue weighted by molar-refractivity contribution is 9.11. The Morgan fingerprint density at radius 3 is 2.65 bits per heavy atom. The summed E-state index contributed by atoms with van der Waals surface area (Å²) in [5.74, 6) is -0.266. The van der Waals surface area contributed by atoms with Crippen LogP contribution >= 0.6 is 27.3 Å². The molecule has 0 saturated heterocycles. The van der Waals surface area contributed by atoms with Crippen molar-refractivity contribution < 1.29 is 9.59 Å². The van der Waals surface area contributed by atoms with Crippen molar-refractivity contribution in [1.29, 1.82) is 0 Å². The van der Waals surface area contributed by atoms with Gasteiger partial charge in [0, 0.05) is 31.0 Å². The zero-order chi connectivity index (χ0) is 12.7. The van der Waals surface area contributed by atoms with Crippen molar-refractivity contribution in [2.24, 2.45) is 0 Å². The van der Waals surface area contributed by atoms with Gasteiger partial charge in [0.25, 0.3) is 0 Å². The van der Waals surface area contributed by atoms with Crippen LogP contribution in [0.1, 0.15) is 11.8 Å². The first-order chi connectivity index (χ1) is 8.08. The molecule has 0 aromatic carbocycles. The van der Waals surface area contributed by atoms with E-state index in [1.165, 1.54) is 13.0 Å². The molecular weight excluding hydrogens is 304 g/mol. The first-order valence-electron chi connectivity index (χ1n) is 5.03. The van der Waals surface area contributed by atoms with Crippen LogP contribution in [-0.4, -0.2) is 24.9 Å². The number of nitrogens with one attached hydrogen (secondary N) is 2. The monoisotopic (exact) mass is 316 g/mol. The summed E-state index contributed by atoms with van der Waals surface area (Å²) in [4.78, 5) is 22.9. The summed E-state index contributed by atoms with van der Waals surface area (Å²) in [6, 6.07) is 3.86. The number of rotatable bonds is 5. The Morgan fingerprint density at radius 2 is 2.06 bits per heavy atom. The second-order valence-electron chi connectivity index (χ2n) is 3.25. The molecule has 0 spiro atoms. The van der Waals surface area contributed by atoms with Gasteiger partial charge in [-0.15, -0.1) is 11.3 Å². The molecule has 0 aliphatic heterocycles. The first kappa shape index (κ1) is 13.9. The minimum atomic E-state index is -0.167. The summed E-state index contributed by atoms with van der Waals surface area (Å²) in [7, 11) is 0. The van der Waals surface area contributed by atoms with Crippen LogP contribution in [-0.2, 0) is 9.59 Å². The summed E-state index contributed by atoms with van der Waals surface area (Å²) in [5, 5.41) is 5.26. The van der Waals surface area contributed by atoms with E-state index in [4.69, 9.17) is 0 Å². The van der Waals surface area contributed by atoms with Gasteiger partial charge >= 0.3 is 0 Å². The Kier molecular flexibility index (Phi) is 5.93. The minimum Gasteiger partial charge on any atom is -0.355 e. The van der Waals surface area contributed by atoms with Crippen molar-refractivity contribution in [1.82, 2.24) is 10.6 Å². The van der Waals surface area contributed by atoms with Crippen molar-refractivity contribution >= 4 is 45.2 Å². The third-order valence-corrected chi connectivity index (χ3v) is 3.38. The quantitative estimate of drug-likeness (QED) is 0.642. The highest BCUT2D eigenvalue weighted by atomic mass is 79.9. The molecule has 0 unspecified atom stereocenters. The zero-order valence-corrected chi connectivity index (χ0v) is 11.7. The van der Waals surface area contributed by atoms with Crippen LogP contribution in [0.2, 0.25) is 0 Å². The van der Waals surface area contributed by atoms with Crippen LogP contribution < -0.4 is 10.6 Å². The Morgan fingerprint density at radius 1 is 1.35 bits per heavy atom. The largest absolute Gasteiger partial charge is 0.355 e. The maximum Gasteiger partial charge on any atom is 0.244 e. The van der Waals surface area contributed by atoms with E-state index in [1.54, 1.807) is 17.4 Å². The summed E-state index contributed by atoms with van der Waals surface area (Å²) in [6.07, 6.45) is 3.23. The zero-order valence-electron chi connectivity index (χ0n) is 9.33. The summed E-state index contributed by atoms with van der Waals surface area (Å²) in [6.45, 7) is 2.31. The van der Waals surface area contributed by atoms with Gasteiger partial charge in [-0.1, -0.05) is 0 Å². The third kappa shape index (κ3) is 6.23. The SMILES string of the molecule is CC(=O)NCCNC(=O)/C=C/c1ccc(Br)s1. The van der Waals surface area contributed by atoms with Gasteiger partial charge in [-0.2, -0.15) is 0 Å². The maximum atomic E-state index is 11.4. The first-order valence-corrected chi connectivity index (χ1v) is 6.64. The van der Waals surface area contributed by atoms with Gasteiger partial charge in [-0.3, -0.25) is 9.59 Å². The second kappa shape index (κ2) is 7.24. The van der Waals surface area contributed by atoms with E-state index in [9.17, 15) is 9.59 Å². The highest BCUT2D eigenvalue weighted by Crippen LogP contribution is 2.22. The molecule has 0 fully saturated rings. The summed E-state index contributed by atoms with van der Waals surface area (Å²) < 4.78 is 1.03. The number of halogens is 1. The number of carbonyl (C=O) groups is 2. The predicted octanol–water partition coefficient (Wildman–Crippen LogP) is 1.78. The second-order valence-corrected chi connectivity index (χ2v) is 5.74. The molecule has 2 amide bonds. The molecular formula is C11H13BrN2O2S. The lowest BCUT2D eigenvalue weighted by molar-refractivity contribution is -0.119. The molecule has 92 valence electrons. The van der Waals surface area contributed by atoms with Gasteiger partial charge in [-0.05, 0) is 34.1 Å². The molecule has 0 radical (unpaired) electrons. The van der Waals surface area contributed by atoms with Gasteiger partial charge < -0.3 is 10.6 Å². The molecule has 1 heterocycles. The molecule has 17 heavy (non-hydrogen) atoms. The van der Waals surface area contributed by atoms with Crippen molar-refractivity contribution in [2.75, 3.05) is 13.1 Å². The smallest absolute Gasteiger partial charge is 0.244 e. The van der Waals surface area contributed by atoms with Crippen LogP contribution in [0.4, 0.5) is 0 Å². The van der Waals surface area contributed by atoms with Crippen LogP contribution in [0.5, 0.6) is 0 Å². The van der Waals surface area contributed by atoms with E-state index < -0.39 is 0 Å². The highest BCUT2D eigenvalue weighted by Gasteiger charge is 1.97. The molecule has 1 aromatic rings. The molecule has 6 heteroatoms. The van der Waals surface area contributed by atoms with Crippen LogP contribution in [0.3, 0.4) is 0 Å². The fraction of sp³-hybridized carbons (Fsp3) is 0.273. The number of carbonyl (C=O) groups excluding carboxylic acids is 2. The fourth-order valence-corrected chi connectivity index (χ4v) is 2.39. The molecule has 0 saturated carbocycles. The topological polar surface area (TPSA) is 58.2 Å². The molecule has 0 bridgehead atoms. The maximum absolute atomic E-state index is 11.4. The van der Waals surface area contributed by atoms with E-state index in [1.807, 2.05) is 12.1 Å². The predicted molar refractivity (Wildman–Crippen MR) is 72.7 cm³/mol. The Labute approximate surface area is 112 Å². The van der Waals surface area contributed by atoms with Crippen molar-refractivity contribution in [3.63, 3.8) is 0 Å². The van der Waals surface area contributed by atoms with Crippen molar-refractivity contribution in [2.45, 2.75) is 6.92 Å². The van der Waals surface area contributed by atoms with Gasteiger partial charge in [0.1, 0.15) is 0 Å². The lowest BCUT2D eigenvalue weighted by Gasteiger charge is -2.02. The lowest BCUT2D eigenvalue weighted by atomic mass is 10.4. The molecule has 1 rings (SSSR count). The molecule has 0 aliphatic carbocycles. The van der Waals surface area contributed by atoms with Gasteiger partial charge in [0.15, 0.2) is 0 Å². The molecule has 1 aromatic heterocycles. The fourth-order valence-electron chi connectivity index (χ4n) is 1.06. The lowest BCUT2D eigenvalue weighted by Crippen LogP contribution is -2.32. The number of hydrogen-bond donors (Lipinski definition) is 2. The third-order valence-electron chi connectivity index (χ3n) is 1.79. The van der Waals surface area contributed by atoms with Gasteiger partial charge in [0.2, 0.25) is 11.8 Å².